The molecule has 182 valence electrons. The molecule has 0 radical (unpaired) electrons. The molecule has 3 aliphatic carbocycles. The highest BCUT2D eigenvalue weighted by molar-refractivity contribution is 6.24. The molecular weight excluding hydrogens is 444 g/mol. The van der Waals surface area contributed by atoms with Gasteiger partial charge in [-0.05, 0) is 44.5 Å². The van der Waals surface area contributed by atoms with Gasteiger partial charge in [0.15, 0.2) is 11.4 Å². The predicted molar refractivity (Wildman–Crippen MR) is 123 cm³/mol. The summed E-state index contributed by atoms with van der Waals surface area (Å²) in [5.41, 5.74) is 8.68. The molecule has 1 aromatic rings. The SMILES string of the molecule is CN(C)c1cc(N)c(O)c2c1CC1C[C@H]3C(N(C)C)C(=O)C(C(N)=O)=C(O)[C@@]3(O)C(=O)C1=C2O. The van der Waals surface area contributed by atoms with Crippen LogP contribution in [0, 0.1) is 11.8 Å². The average Bonchev–Trinajstić information content (AvgIpc) is 2.72. The lowest BCUT2D eigenvalue weighted by molar-refractivity contribution is -0.153. The van der Waals surface area contributed by atoms with Crippen molar-refractivity contribution < 1.29 is 34.8 Å². The minimum absolute atomic E-state index is 0.0115. The van der Waals surface area contributed by atoms with Gasteiger partial charge in [0.1, 0.15) is 22.8 Å². The van der Waals surface area contributed by atoms with Crippen molar-refractivity contribution in [3.63, 3.8) is 0 Å². The van der Waals surface area contributed by atoms with Gasteiger partial charge in [0.2, 0.25) is 5.78 Å². The number of nitrogens with two attached hydrogens (primary N) is 2. The van der Waals surface area contributed by atoms with E-state index in [0.29, 0.717) is 11.3 Å². The number of fused-ring (bicyclic) bond motifs is 3. The van der Waals surface area contributed by atoms with Crippen LogP contribution >= 0.6 is 0 Å². The third-order valence-corrected chi connectivity index (χ3v) is 7.21. The van der Waals surface area contributed by atoms with Crippen LogP contribution in [0.2, 0.25) is 0 Å². The largest absolute Gasteiger partial charge is 0.508 e. The number of rotatable bonds is 3. The van der Waals surface area contributed by atoms with E-state index in [1.54, 1.807) is 39.2 Å². The van der Waals surface area contributed by atoms with Crippen molar-refractivity contribution in [2.24, 2.45) is 17.6 Å². The first kappa shape index (κ1) is 23.6. The van der Waals surface area contributed by atoms with Crippen LogP contribution in [-0.2, 0) is 20.8 Å². The normalized spacial score (nSPS) is 28.6. The van der Waals surface area contributed by atoms with Crippen LogP contribution in [-0.4, -0.2) is 82.6 Å². The molecule has 1 fully saturated rings. The highest BCUT2D eigenvalue weighted by Gasteiger charge is 2.64. The molecule has 3 aliphatic rings. The number of aliphatic hydroxyl groups is 3. The quantitative estimate of drug-likeness (QED) is 0.192. The number of hydrogen-bond acceptors (Lipinski definition) is 10. The number of anilines is 2. The van der Waals surface area contributed by atoms with Crippen LogP contribution in [0.1, 0.15) is 17.5 Å². The minimum atomic E-state index is -2.66. The van der Waals surface area contributed by atoms with Crippen molar-refractivity contribution >= 4 is 34.6 Å². The molecule has 0 aromatic heterocycles. The Balaban J connectivity index is 2.01. The van der Waals surface area contributed by atoms with Gasteiger partial charge in [-0.15, -0.1) is 0 Å². The molecule has 0 heterocycles. The van der Waals surface area contributed by atoms with Gasteiger partial charge in [-0.3, -0.25) is 19.3 Å². The number of amides is 1. The number of Topliss-reactive ketones (excluding diaryl/α,β-unsaturated/α-hetero) is 2. The molecule has 2 unspecified atom stereocenters. The van der Waals surface area contributed by atoms with Crippen LogP contribution in [0.3, 0.4) is 0 Å². The lowest BCUT2D eigenvalue weighted by Crippen LogP contribution is -2.65. The Labute approximate surface area is 195 Å². The molecule has 0 bridgehead atoms. The van der Waals surface area contributed by atoms with E-state index < -0.39 is 63.8 Å². The van der Waals surface area contributed by atoms with E-state index in [1.165, 1.54) is 4.90 Å². The molecular formula is C23H28N4O7. The summed E-state index contributed by atoms with van der Waals surface area (Å²) in [5.74, 6) is -6.95. The zero-order valence-corrected chi connectivity index (χ0v) is 19.3. The van der Waals surface area contributed by atoms with Gasteiger partial charge >= 0.3 is 0 Å². The number of ketones is 2. The van der Waals surface area contributed by atoms with Gasteiger partial charge in [-0.1, -0.05) is 0 Å². The van der Waals surface area contributed by atoms with Crippen LogP contribution in [0.25, 0.3) is 5.76 Å². The maximum Gasteiger partial charge on any atom is 0.255 e. The van der Waals surface area contributed by atoms with Gasteiger partial charge in [-0.25, -0.2) is 0 Å². The Bertz CT molecular complexity index is 1220. The second-order valence-electron chi connectivity index (χ2n) is 9.54. The molecule has 4 atom stereocenters. The molecule has 4 rings (SSSR count). The van der Waals surface area contributed by atoms with E-state index >= 15 is 0 Å². The molecule has 1 aromatic carbocycles. The zero-order valence-electron chi connectivity index (χ0n) is 19.3. The second kappa shape index (κ2) is 7.47. The van der Waals surface area contributed by atoms with E-state index in [4.69, 9.17) is 11.5 Å². The van der Waals surface area contributed by atoms with E-state index in [2.05, 4.69) is 0 Å². The number of aliphatic hydroxyl groups excluding tert-OH is 2. The van der Waals surface area contributed by atoms with Crippen molar-refractivity contribution in [3.05, 3.63) is 34.1 Å². The molecule has 1 amide bonds. The zero-order chi connectivity index (χ0) is 25.4. The summed E-state index contributed by atoms with van der Waals surface area (Å²) in [6.07, 6.45) is 0.236. The number of nitrogen functional groups attached to an aromatic ring is 1. The molecule has 8 N–H and O–H groups in total. The first-order valence-electron chi connectivity index (χ1n) is 10.7. The van der Waals surface area contributed by atoms with E-state index in [9.17, 15) is 34.8 Å². The lowest BCUT2D eigenvalue weighted by Gasteiger charge is -2.50. The first-order chi connectivity index (χ1) is 15.7. The van der Waals surface area contributed by atoms with Crippen molar-refractivity contribution in [2.45, 2.75) is 24.5 Å². The second-order valence-corrected chi connectivity index (χ2v) is 9.54. The number of benzene rings is 1. The minimum Gasteiger partial charge on any atom is -0.508 e. The third-order valence-electron chi connectivity index (χ3n) is 7.21. The van der Waals surface area contributed by atoms with Crippen molar-refractivity contribution in [2.75, 3.05) is 38.8 Å². The lowest BCUT2D eigenvalue weighted by atomic mass is 9.57. The number of likely N-dealkylation sites (N-methyl/N-ethyl adjacent to an activating group) is 1. The summed E-state index contributed by atoms with van der Waals surface area (Å²) < 4.78 is 0. The maximum absolute atomic E-state index is 13.7. The molecule has 0 aliphatic heterocycles. The average molecular weight is 472 g/mol. The number of carbonyl (C=O) groups excluding carboxylic acids is 3. The Morgan fingerprint density at radius 1 is 1.15 bits per heavy atom. The van der Waals surface area contributed by atoms with E-state index in [-0.39, 0.29) is 29.7 Å². The van der Waals surface area contributed by atoms with Crippen molar-refractivity contribution in [1.29, 1.82) is 0 Å². The van der Waals surface area contributed by atoms with Crippen LogP contribution in [0.4, 0.5) is 11.4 Å². The summed E-state index contributed by atoms with van der Waals surface area (Å²) in [6.45, 7) is 0. The van der Waals surface area contributed by atoms with Gasteiger partial charge in [0.25, 0.3) is 5.91 Å². The summed E-state index contributed by atoms with van der Waals surface area (Å²) >= 11 is 0. The fraction of sp³-hybridized carbons (Fsp3) is 0.435. The summed E-state index contributed by atoms with van der Waals surface area (Å²) in [4.78, 5) is 42.0. The van der Waals surface area contributed by atoms with Crippen LogP contribution in [0.5, 0.6) is 5.75 Å². The Morgan fingerprint density at radius 3 is 2.29 bits per heavy atom. The molecule has 0 spiro atoms. The number of aromatic hydroxyl groups is 1. The number of phenols is 1. The van der Waals surface area contributed by atoms with E-state index in [1.807, 2.05) is 0 Å². The van der Waals surface area contributed by atoms with Gasteiger partial charge < -0.3 is 36.8 Å². The topological polar surface area (TPSA) is 191 Å². The number of phenolic OH excluding ortho intramolecular Hbond substituents is 1. The number of primary amides is 1. The molecule has 1 saturated carbocycles. The van der Waals surface area contributed by atoms with Crippen LogP contribution in [0.15, 0.2) is 23.0 Å². The van der Waals surface area contributed by atoms with Crippen LogP contribution < -0.4 is 16.4 Å². The summed E-state index contributed by atoms with van der Waals surface area (Å²) in [7, 11) is 6.64. The molecule has 0 saturated heterocycles. The highest BCUT2D eigenvalue weighted by Crippen LogP contribution is 2.54. The molecule has 34 heavy (non-hydrogen) atoms. The summed E-state index contributed by atoms with van der Waals surface area (Å²) in [6, 6.07) is 0.444. The van der Waals surface area contributed by atoms with Crippen molar-refractivity contribution in [3.8, 4) is 5.75 Å². The highest BCUT2D eigenvalue weighted by atomic mass is 16.3. The maximum atomic E-state index is 13.7. The Morgan fingerprint density at radius 2 is 1.76 bits per heavy atom. The number of hydrogen-bond donors (Lipinski definition) is 6. The smallest absolute Gasteiger partial charge is 0.255 e. The van der Waals surface area contributed by atoms with Gasteiger partial charge in [0, 0.05) is 31.3 Å². The summed E-state index contributed by atoms with van der Waals surface area (Å²) in [5, 5.41) is 44.2. The van der Waals surface area contributed by atoms with Gasteiger partial charge in [-0.2, -0.15) is 0 Å². The molecule has 11 heteroatoms. The fourth-order valence-electron chi connectivity index (χ4n) is 5.71. The van der Waals surface area contributed by atoms with Gasteiger partial charge in [0.05, 0.1) is 17.3 Å². The number of nitrogens with zero attached hydrogens (tertiary/aromatic N) is 2. The Hall–Kier alpha value is -3.57. The number of carbonyl (C=O) groups is 3. The predicted octanol–water partition coefficient (Wildman–Crippen LogP) is -0.388. The first-order valence-corrected chi connectivity index (χ1v) is 10.7. The Kier molecular flexibility index (Phi) is 5.18. The monoisotopic (exact) mass is 472 g/mol. The van der Waals surface area contributed by atoms with E-state index in [0.717, 1.165) is 0 Å². The standard InChI is InChI=1S/C23H28N4O7/c1-26(2)12-7-11(24)17(28)14-9(12)5-8-6-10-16(27(3)4)19(30)15(22(25)33)21(32)23(10,34)20(31)13(8)18(14)29/h7-8,10,16,28-29,32,34H,5-6,24H2,1-4H3,(H2,25,33)/t8?,10-,16?,23-/m0/s1. The third kappa shape index (κ3) is 2.86. The molecule has 11 nitrogen and oxygen atoms in total. The van der Waals surface area contributed by atoms with Crippen molar-refractivity contribution in [1.82, 2.24) is 4.90 Å². The fourth-order valence-corrected chi connectivity index (χ4v) is 5.71.